The van der Waals surface area contributed by atoms with Crippen LogP contribution in [0.1, 0.15) is 38.3 Å². The predicted octanol–water partition coefficient (Wildman–Crippen LogP) is 5.12. The van der Waals surface area contributed by atoms with Gasteiger partial charge in [-0.15, -0.1) is 0 Å². The van der Waals surface area contributed by atoms with Gasteiger partial charge in [0, 0.05) is 10.6 Å². The summed E-state index contributed by atoms with van der Waals surface area (Å²) in [5, 5.41) is 0.727. The molecule has 0 bridgehead atoms. The third kappa shape index (κ3) is 3.61. The lowest BCUT2D eigenvalue weighted by Gasteiger charge is -1.96. The minimum atomic E-state index is 0.678. The summed E-state index contributed by atoms with van der Waals surface area (Å²) in [5.41, 5.74) is 2.01. The Kier molecular flexibility index (Phi) is 4.82. The summed E-state index contributed by atoms with van der Waals surface area (Å²) >= 11 is 5.85. The van der Waals surface area contributed by atoms with E-state index in [4.69, 9.17) is 16.0 Å². The first-order valence-corrected chi connectivity index (χ1v) is 6.87. The lowest BCUT2D eigenvalue weighted by Crippen LogP contribution is -1.86. The number of hydrogen-bond donors (Lipinski definition) is 0. The Labute approximate surface area is 113 Å². The van der Waals surface area contributed by atoms with Crippen LogP contribution in [0, 0.1) is 0 Å². The molecule has 1 aromatic heterocycles. The molecule has 0 saturated heterocycles. The molecule has 0 unspecified atom stereocenters. The zero-order valence-corrected chi connectivity index (χ0v) is 11.4. The van der Waals surface area contributed by atoms with Crippen molar-refractivity contribution in [3.63, 3.8) is 0 Å². The van der Waals surface area contributed by atoms with Crippen LogP contribution in [0.2, 0.25) is 5.02 Å². The van der Waals surface area contributed by atoms with Crippen LogP contribution in [-0.4, -0.2) is 4.98 Å². The second-order valence-electron chi connectivity index (χ2n) is 4.46. The van der Waals surface area contributed by atoms with E-state index in [0.717, 1.165) is 22.7 Å². The molecule has 18 heavy (non-hydrogen) atoms. The fourth-order valence-corrected chi connectivity index (χ4v) is 2.01. The fourth-order valence-electron chi connectivity index (χ4n) is 1.88. The molecular formula is C15H18ClNO. The largest absolute Gasteiger partial charge is 0.444 e. The Hall–Kier alpha value is -1.28. The molecule has 3 heteroatoms. The van der Waals surface area contributed by atoms with Crippen LogP contribution in [0.15, 0.2) is 34.9 Å². The molecule has 1 aromatic carbocycles. The molecule has 2 aromatic rings. The highest BCUT2D eigenvalue weighted by molar-refractivity contribution is 6.30. The van der Waals surface area contributed by atoms with E-state index in [-0.39, 0.29) is 0 Å². The Morgan fingerprint density at radius 3 is 2.61 bits per heavy atom. The first kappa shape index (κ1) is 13.2. The summed E-state index contributed by atoms with van der Waals surface area (Å²) in [6.07, 6.45) is 7.75. The van der Waals surface area contributed by atoms with Gasteiger partial charge in [0.2, 0.25) is 5.89 Å². The maximum Gasteiger partial charge on any atom is 0.226 e. The fraction of sp³-hybridized carbons (Fsp3) is 0.400. The second kappa shape index (κ2) is 6.60. The van der Waals surface area contributed by atoms with E-state index in [2.05, 4.69) is 11.9 Å². The Morgan fingerprint density at radius 2 is 1.89 bits per heavy atom. The van der Waals surface area contributed by atoms with Gasteiger partial charge in [-0.3, -0.25) is 0 Å². The van der Waals surface area contributed by atoms with E-state index >= 15 is 0 Å². The molecule has 0 spiro atoms. The monoisotopic (exact) mass is 263 g/mol. The SMILES string of the molecule is CCCCCCc1coc(-c2ccc(Cl)cc2)n1. The molecule has 0 aliphatic rings. The van der Waals surface area contributed by atoms with Crippen molar-refractivity contribution in [2.75, 3.05) is 0 Å². The number of hydrogen-bond acceptors (Lipinski definition) is 2. The van der Waals surface area contributed by atoms with Crippen molar-refractivity contribution >= 4 is 11.6 Å². The minimum absolute atomic E-state index is 0.678. The van der Waals surface area contributed by atoms with E-state index in [9.17, 15) is 0 Å². The molecule has 0 amide bonds. The summed E-state index contributed by atoms with van der Waals surface area (Å²) in [6, 6.07) is 7.55. The van der Waals surface area contributed by atoms with Gasteiger partial charge in [0.15, 0.2) is 0 Å². The van der Waals surface area contributed by atoms with Gasteiger partial charge < -0.3 is 4.42 Å². The number of unbranched alkanes of at least 4 members (excludes halogenated alkanes) is 3. The second-order valence-corrected chi connectivity index (χ2v) is 4.90. The van der Waals surface area contributed by atoms with Crippen molar-refractivity contribution in [2.24, 2.45) is 0 Å². The van der Waals surface area contributed by atoms with Crippen molar-refractivity contribution in [3.05, 3.63) is 41.2 Å². The molecule has 0 atom stereocenters. The zero-order valence-electron chi connectivity index (χ0n) is 10.7. The molecule has 0 N–H and O–H groups in total. The molecule has 2 rings (SSSR count). The van der Waals surface area contributed by atoms with Gasteiger partial charge in [0.05, 0.1) is 5.69 Å². The van der Waals surface area contributed by atoms with Crippen LogP contribution in [0.5, 0.6) is 0 Å². The van der Waals surface area contributed by atoms with Crippen molar-refractivity contribution < 1.29 is 4.42 Å². The molecule has 0 radical (unpaired) electrons. The smallest absolute Gasteiger partial charge is 0.226 e. The number of benzene rings is 1. The van der Waals surface area contributed by atoms with E-state index in [1.807, 2.05) is 24.3 Å². The third-order valence-electron chi connectivity index (χ3n) is 2.93. The highest BCUT2D eigenvalue weighted by Gasteiger charge is 2.06. The Bertz CT molecular complexity index is 475. The van der Waals surface area contributed by atoms with Gasteiger partial charge in [0.25, 0.3) is 0 Å². The highest BCUT2D eigenvalue weighted by Crippen LogP contribution is 2.21. The van der Waals surface area contributed by atoms with Crippen molar-refractivity contribution in [3.8, 4) is 11.5 Å². The first-order valence-electron chi connectivity index (χ1n) is 6.50. The normalized spacial score (nSPS) is 10.8. The topological polar surface area (TPSA) is 26.0 Å². The standard InChI is InChI=1S/C15H18ClNO/c1-2-3-4-5-6-14-11-18-15(17-14)12-7-9-13(16)10-8-12/h7-11H,2-6H2,1H3. The Balaban J connectivity index is 1.95. The van der Waals surface area contributed by atoms with Crippen molar-refractivity contribution in [1.29, 1.82) is 0 Å². The quantitative estimate of drug-likeness (QED) is 0.676. The van der Waals surface area contributed by atoms with E-state index in [1.165, 1.54) is 25.7 Å². The van der Waals surface area contributed by atoms with E-state index < -0.39 is 0 Å². The zero-order chi connectivity index (χ0) is 12.8. The molecule has 0 aliphatic carbocycles. The van der Waals surface area contributed by atoms with Gasteiger partial charge in [-0.2, -0.15) is 0 Å². The first-order chi connectivity index (χ1) is 8.79. The van der Waals surface area contributed by atoms with E-state index in [1.54, 1.807) is 6.26 Å². The molecule has 1 heterocycles. The average molecular weight is 264 g/mol. The molecule has 96 valence electrons. The molecule has 0 fully saturated rings. The number of halogens is 1. The van der Waals surface area contributed by atoms with Crippen LogP contribution in [-0.2, 0) is 6.42 Å². The van der Waals surface area contributed by atoms with Gasteiger partial charge in [-0.1, -0.05) is 37.8 Å². The number of nitrogens with zero attached hydrogens (tertiary/aromatic N) is 1. The van der Waals surface area contributed by atoms with Crippen LogP contribution < -0.4 is 0 Å². The van der Waals surface area contributed by atoms with Crippen LogP contribution in [0.25, 0.3) is 11.5 Å². The number of rotatable bonds is 6. The number of aromatic nitrogens is 1. The number of aryl methyl sites for hydroxylation is 1. The highest BCUT2D eigenvalue weighted by atomic mass is 35.5. The van der Waals surface area contributed by atoms with E-state index in [0.29, 0.717) is 5.89 Å². The van der Waals surface area contributed by atoms with Gasteiger partial charge >= 0.3 is 0 Å². The average Bonchev–Trinajstić information content (AvgIpc) is 2.84. The molecule has 0 saturated carbocycles. The lowest BCUT2D eigenvalue weighted by molar-refractivity contribution is 0.571. The van der Waals surface area contributed by atoms with Gasteiger partial charge in [0.1, 0.15) is 6.26 Å². The summed E-state index contributed by atoms with van der Waals surface area (Å²) in [7, 11) is 0. The lowest BCUT2D eigenvalue weighted by atomic mass is 10.1. The predicted molar refractivity (Wildman–Crippen MR) is 74.8 cm³/mol. The Morgan fingerprint density at radius 1 is 1.11 bits per heavy atom. The molecule has 2 nitrogen and oxygen atoms in total. The van der Waals surface area contributed by atoms with Gasteiger partial charge in [-0.05, 0) is 37.1 Å². The third-order valence-corrected chi connectivity index (χ3v) is 3.18. The van der Waals surface area contributed by atoms with Gasteiger partial charge in [-0.25, -0.2) is 4.98 Å². The van der Waals surface area contributed by atoms with Crippen LogP contribution in [0.3, 0.4) is 0 Å². The van der Waals surface area contributed by atoms with Crippen LogP contribution >= 0.6 is 11.6 Å². The minimum Gasteiger partial charge on any atom is -0.444 e. The van der Waals surface area contributed by atoms with Crippen LogP contribution in [0.4, 0.5) is 0 Å². The maximum absolute atomic E-state index is 5.85. The van der Waals surface area contributed by atoms with Crippen molar-refractivity contribution in [2.45, 2.75) is 39.0 Å². The number of oxazole rings is 1. The molecular weight excluding hydrogens is 246 g/mol. The summed E-state index contributed by atoms with van der Waals surface area (Å²) in [6.45, 7) is 2.22. The maximum atomic E-state index is 5.85. The summed E-state index contributed by atoms with van der Waals surface area (Å²) < 4.78 is 5.49. The molecule has 0 aliphatic heterocycles. The van der Waals surface area contributed by atoms with Crippen molar-refractivity contribution in [1.82, 2.24) is 4.98 Å². The summed E-state index contributed by atoms with van der Waals surface area (Å²) in [5.74, 6) is 0.678. The summed E-state index contributed by atoms with van der Waals surface area (Å²) in [4.78, 5) is 4.50.